The van der Waals surface area contributed by atoms with E-state index in [0.717, 1.165) is 25.7 Å². The van der Waals surface area contributed by atoms with Crippen molar-refractivity contribution in [3.05, 3.63) is 0 Å². The third kappa shape index (κ3) is 2.87. The highest BCUT2D eigenvalue weighted by Gasteiger charge is 2.77. The summed E-state index contributed by atoms with van der Waals surface area (Å²) in [5, 5.41) is 15.4. The van der Waals surface area contributed by atoms with E-state index in [0.29, 0.717) is 6.54 Å². The third-order valence-electron chi connectivity index (χ3n) is 6.56. The van der Waals surface area contributed by atoms with E-state index < -0.39 is 28.7 Å². The van der Waals surface area contributed by atoms with Crippen LogP contribution in [0.15, 0.2) is 0 Å². The molecule has 2 unspecified atom stereocenters. The Hall–Kier alpha value is -1.28. The number of carbonyl (C=O) groups excluding carboxylic acids is 3. The summed E-state index contributed by atoms with van der Waals surface area (Å²) in [6.07, 6.45) is 3.39. The fourth-order valence-corrected chi connectivity index (χ4v) is 7.61. The first-order valence-corrected chi connectivity index (χ1v) is 10.7. The molecule has 3 aliphatic rings. The summed E-state index contributed by atoms with van der Waals surface area (Å²) in [6, 6.07) is -1.10. The fraction of sp³-hybridized carbons (Fsp3) is 0.842. The van der Waals surface area contributed by atoms with Crippen LogP contribution in [0.25, 0.3) is 0 Å². The van der Waals surface area contributed by atoms with Crippen LogP contribution in [0.5, 0.6) is 0 Å². The molecule has 0 radical (unpaired) electrons. The van der Waals surface area contributed by atoms with Crippen molar-refractivity contribution in [2.24, 2.45) is 11.8 Å². The Morgan fingerprint density at radius 2 is 2.07 bits per heavy atom. The van der Waals surface area contributed by atoms with Gasteiger partial charge in [-0.1, -0.05) is 13.3 Å². The lowest BCUT2D eigenvalue weighted by Gasteiger charge is -2.35. The van der Waals surface area contributed by atoms with Crippen molar-refractivity contribution in [2.45, 2.75) is 68.0 Å². The maximum Gasteiger partial charge on any atom is 0.244 e. The molecular formula is C19H31N3O4S. The van der Waals surface area contributed by atoms with Crippen molar-refractivity contribution in [3.63, 3.8) is 0 Å². The molecule has 7 nitrogen and oxygen atoms in total. The van der Waals surface area contributed by atoms with Crippen LogP contribution < -0.4 is 10.6 Å². The van der Waals surface area contributed by atoms with Gasteiger partial charge in [0.15, 0.2) is 0 Å². The molecule has 0 saturated carbocycles. The van der Waals surface area contributed by atoms with Crippen molar-refractivity contribution in [1.29, 1.82) is 0 Å². The molecule has 3 rings (SSSR count). The Morgan fingerprint density at radius 3 is 2.67 bits per heavy atom. The molecule has 3 heterocycles. The monoisotopic (exact) mass is 397 g/mol. The first-order chi connectivity index (χ1) is 12.8. The number of aliphatic hydroxyl groups excluding tert-OH is 1. The van der Waals surface area contributed by atoms with Crippen LogP contribution in [-0.2, 0) is 14.4 Å². The van der Waals surface area contributed by atoms with Gasteiger partial charge < -0.3 is 20.6 Å². The molecule has 0 aromatic rings. The average Bonchev–Trinajstić information content (AvgIpc) is 3.21. The highest BCUT2D eigenvalue weighted by molar-refractivity contribution is 8.02. The van der Waals surface area contributed by atoms with Crippen LogP contribution in [0, 0.1) is 11.8 Å². The van der Waals surface area contributed by atoms with E-state index in [-0.39, 0.29) is 29.1 Å². The Bertz CT molecular complexity index is 644. The molecule has 8 heteroatoms. The number of rotatable bonds is 7. The quantitative estimate of drug-likeness (QED) is 0.544. The zero-order chi connectivity index (χ0) is 20.0. The van der Waals surface area contributed by atoms with E-state index in [4.69, 9.17) is 0 Å². The van der Waals surface area contributed by atoms with Crippen LogP contribution in [-0.4, -0.2) is 69.5 Å². The second-order valence-corrected chi connectivity index (χ2v) is 10.2. The van der Waals surface area contributed by atoms with E-state index in [1.807, 2.05) is 6.92 Å². The summed E-state index contributed by atoms with van der Waals surface area (Å²) in [5.41, 5.74) is 0. The molecule has 6 atom stereocenters. The maximum absolute atomic E-state index is 13.4. The molecule has 3 fully saturated rings. The lowest BCUT2D eigenvalue weighted by Crippen LogP contribution is -2.56. The molecule has 3 saturated heterocycles. The van der Waals surface area contributed by atoms with Gasteiger partial charge >= 0.3 is 0 Å². The van der Waals surface area contributed by atoms with E-state index in [9.17, 15) is 19.5 Å². The van der Waals surface area contributed by atoms with Gasteiger partial charge in [0.1, 0.15) is 6.04 Å². The largest absolute Gasteiger partial charge is 0.394 e. The van der Waals surface area contributed by atoms with Gasteiger partial charge in [-0.25, -0.2) is 0 Å². The van der Waals surface area contributed by atoms with E-state index in [2.05, 4.69) is 17.6 Å². The standard InChI is InChI=1S/C19H31N3O4S/c1-5-6-9-21-16(25)14-19-8-7-18(3,27-19)12(15(24)20-4)13(19)17(26)22(14)11(2)10-23/h11-14,23H,5-10H2,1-4H3,(H,20,24)(H,21,25)/t11-,12-,13+,14?,18+,19?/m1/s1. The molecule has 1 spiro atoms. The van der Waals surface area contributed by atoms with Crippen LogP contribution in [0.1, 0.15) is 46.5 Å². The summed E-state index contributed by atoms with van der Waals surface area (Å²) in [5.74, 6) is -1.42. The second-order valence-electron chi connectivity index (χ2n) is 8.26. The Kier molecular flexibility index (Phi) is 5.51. The molecular weight excluding hydrogens is 366 g/mol. The van der Waals surface area contributed by atoms with Crippen molar-refractivity contribution in [1.82, 2.24) is 15.5 Å². The number of nitrogens with one attached hydrogen (secondary N) is 2. The highest BCUT2D eigenvalue weighted by atomic mass is 32.2. The van der Waals surface area contributed by atoms with Crippen molar-refractivity contribution < 1.29 is 19.5 Å². The zero-order valence-corrected chi connectivity index (χ0v) is 17.4. The van der Waals surface area contributed by atoms with Gasteiger partial charge in [0, 0.05) is 18.3 Å². The molecule has 3 amide bonds. The van der Waals surface area contributed by atoms with E-state index >= 15 is 0 Å². The molecule has 3 aliphatic heterocycles. The van der Waals surface area contributed by atoms with Gasteiger partial charge in [-0.2, -0.15) is 0 Å². The fourth-order valence-electron chi connectivity index (χ4n) is 5.27. The number of aliphatic hydroxyl groups is 1. The first-order valence-electron chi connectivity index (χ1n) is 9.90. The molecule has 0 aromatic carbocycles. The zero-order valence-electron chi connectivity index (χ0n) is 16.6. The van der Waals surface area contributed by atoms with Crippen LogP contribution in [0.4, 0.5) is 0 Å². The third-order valence-corrected chi connectivity index (χ3v) is 8.55. The van der Waals surface area contributed by atoms with Crippen molar-refractivity contribution in [3.8, 4) is 0 Å². The minimum Gasteiger partial charge on any atom is -0.394 e. The lowest BCUT2D eigenvalue weighted by atomic mass is 9.66. The van der Waals surface area contributed by atoms with Gasteiger partial charge in [-0.15, -0.1) is 11.8 Å². The Balaban J connectivity index is 2.02. The minimum absolute atomic E-state index is 0.131. The normalized spacial score (nSPS) is 38.0. The van der Waals surface area contributed by atoms with Gasteiger partial charge in [0.2, 0.25) is 17.7 Å². The van der Waals surface area contributed by atoms with Crippen molar-refractivity contribution >= 4 is 29.5 Å². The van der Waals surface area contributed by atoms with E-state index in [1.54, 1.807) is 30.6 Å². The number of nitrogens with zero attached hydrogens (tertiary/aromatic N) is 1. The van der Waals surface area contributed by atoms with Gasteiger partial charge in [-0.05, 0) is 33.1 Å². The number of carbonyl (C=O) groups is 3. The number of fused-ring (bicyclic) bond motifs is 1. The topological polar surface area (TPSA) is 98.7 Å². The second kappa shape index (κ2) is 7.28. The summed E-state index contributed by atoms with van der Waals surface area (Å²) >= 11 is 1.65. The van der Waals surface area contributed by atoms with Gasteiger partial charge in [-0.3, -0.25) is 14.4 Å². The number of unbranched alkanes of at least 4 members (excludes halogenated alkanes) is 1. The minimum atomic E-state index is -0.643. The Morgan fingerprint density at radius 1 is 1.37 bits per heavy atom. The predicted molar refractivity (Wildman–Crippen MR) is 104 cm³/mol. The molecule has 0 aliphatic carbocycles. The molecule has 2 bridgehead atoms. The summed E-state index contributed by atoms with van der Waals surface area (Å²) in [6.45, 7) is 6.23. The lowest BCUT2D eigenvalue weighted by molar-refractivity contribution is -0.142. The highest BCUT2D eigenvalue weighted by Crippen LogP contribution is 2.71. The molecule has 0 aromatic heterocycles. The van der Waals surface area contributed by atoms with Gasteiger partial charge in [0.05, 0.1) is 29.2 Å². The van der Waals surface area contributed by atoms with Crippen LogP contribution in [0.3, 0.4) is 0 Å². The number of hydrogen-bond donors (Lipinski definition) is 3. The summed E-state index contributed by atoms with van der Waals surface area (Å²) in [7, 11) is 1.59. The summed E-state index contributed by atoms with van der Waals surface area (Å²) < 4.78 is -0.931. The van der Waals surface area contributed by atoms with E-state index in [1.165, 1.54) is 0 Å². The average molecular weight is 398 g/mol. The van der Waals surface area contributed by atoms with Crippen LogP contribution >= 0.6 is 11.8 Å². The Labute approximate surface area is 165 Å². The number of likely N-dealkylation sites (tertiary alicyclic amines) is 1. The maximum atomic E-state index is 13.4. The first kappa shape index (κ1) is 20.5. The number of thioether (sulfide) groups is 1. The smallest absolute Gasteiger partial charge is 0.244 e. The number of hydrogen-bond acceptors (Lipinski definition) is 5. The van der Waals surface area contributed by atoms with Crippen LogP contribution in [0.2, 0.25) is 0 Å². The molecule has 152 valence electrons. The molecule has 27 heavy (non-hydrogen) atoms. The summed E-state index contributed by atoms with van der Waals surface area (Å²) in [4.78, 5) is 40.8. The predicted octanol–water partition coefficient (Wildman–Crippen LogP) is 0.511. The molecule has 3 N–H and O–H groups in total. The SMILES string of the molecule is CCCCNC(=O)C1N([C@H](C)CO)C(=O)[C@@H]2[C@H](C(=O)NC)[C@]3(C)CCC12S3. The van der Waals surface area contributed by atoms with Gasteiger partial charge in [0.25, 0.3) is 0 Å². The van der Waals surface area contributed by atoms with Crippen molar-refractivity contribution in [2.75, 3.05) is 20.2 Å². The number of amides is 3.